The summed E-state index contributed by atoms with van der Waals surface area (Å²) in [6.07, 6.45) is 0.404. The Balaban J connectivity index is 2.09. The number of halogens is 1. The van der Waals surface area contributed by atoms with E-state index < -0.39 is 11.2 Å². The molecular weight excluding hydrogens is 394 g/mol. The zero-order chi connectivity index (χ0) is 20.3. The van der Waals surface area contributed by atoms with Crippen LogP contribution in [0, 0.1) is 18.3 Å². The lowest BCUT2D eigenvalue weighted by atomic mass is 10.1. The van der Waals surface area contributed by atoms with Crippen molar-refractivity contribution in [2.75, 3.05) is 11.9 Å². The van der Waals surface area contributed by atoms with Crippen LogP contribution in [0.25, 0.3) is 0 Å². The molecule has 1 N–H and O–H groups in total. The van der Waals surface area contributed by atoms with Crippen LogP contribution in [0.5, 0.6) is 0 Å². The quantitative estimate of drug-likeness (QED) is 0.613. The number of benzene rings is 2. The van der Waals surface area contributed by atoms with Crippen molar-refractivity contribution in [3.63, 3.8) is 0 Å². The van der Waals surface area contributed by atoms with Crippen LogP contribution >= 0.6 is 23.4 Å². The number of nitriles is 1. The Morgan fingerprint density at radius 3 is 2.57 bits per heavy atom. The van der Waals surface area contributed by atoms with Crippen molar-refractivity contribution in [2.24, 2.45) is 0 Å². The van der Waals surface area contributed by atoms with Crippen molar-refractivity contribution >= 4 is 40.9 Å². The molecule has 0 bridgehead atoms. The van der Waals surface area contributed by atoms with Gasteiger partial charge in [0.05, 0.1) is 10.9 Å². The number of nitrogens with one attached hydrogen (secondary N) is 1. The van der Waals surface area contributed by atoms with Gasteiger partial charge in [-0.15, -0.1) is 0 Å². The summed E-state index contributed by atoms with van der Waals surface area (Å²) in [5.41, 5.74) is 2.31. The van der Waals surface area contributed by atoms with Crippen molar-refractivity contribution in [1.82, 2.24) is 5.32 Å². The van der Waals surface area contributed by atoms with Crippen LogP contribution < -0.4 is 10.2 Å². The molecule has 0 aromatic heterocycles. The number of nitrogens with zero attached hydrogens (tertiary/aromatic N) is 2. The summed E-state index contributed by atoms with van der Waals surface area (Å²) in [4.78, 5) is 27.0. The van der Waals surface area contributed by atoms with Crippen molar-refractivity contribution in [3.05, 3.63) is 75.3 Å². The number of rotatable bonds is 4. The van der Waals surface area contributed by atoms with E-state index in [1.54, 1.807) is 6.07 Å². The largest absolute Gasteiger partial charge is 0.354 e. The van der Waals surface area contributed by atoms with Gasteiger partial charge in [-0.1, -0.05) is 59.8 Å². The Bertz CT molecular complexity index is 1010. The molecule has 0 radical (unpaired) electrons. The second-order valence-corrected chi connectivity index (χ2v) is 7.83. The van der Waals surface area contributed by atoms with E-state index in [4.69, 9.17) is 11.6 Å². The fourth-order valence-electron chi connectivity index (χ4n) is 3.01. The van der Waals surface area contributed by atoms with E-state index in [1.165, 1.54) is 23.7 Å². The van der Waals surface area contributed by atoms with Gasteiger partial charge < -0.3 is 5.32 Å². The van der Waals surface area contributed by atoms with E-state index in [1.807, 2.05) is 55.5 Å². The summed E-state index contributed by atoms with van der Waals surface area (Å²) in [6.45, 7) is 1.89. The van der Waals surface area contributed by atoms with Gasteiger partial charge in [-0.05, 0) is 36.6 Å². The van der Waals surface area contributed by atoms with Crippen LogP contribution in [0.2, 0.25) is 5.02 Å². The van der Waals surface area contributed by atoms with Gasteiger partial charge in [0.25, 0.3) is 5.91 Å². The normalized spacial score (nSPS) is 18.0. The Morgan fingerprint density at radius 1 is 1.25 bits per heavy atom. The first-order valence-electron chi connectivity index (χ1n) is 8.64. The van der Waals surface area contributed by atoms with E-state index in [-0.39, 0.29) is 11.5 Å². The van der Waals surface area contributed by atoms with E-state index in [0.717, 1.165) is 11.1 Å². The summed E-state index contributed by atoms with van der Waals surface area (Å²) in [5, 5.41) is 12.5. The molecule has 3 rings (SSSR count). The summed E-state index contributed by atoms with van der Waals surface area (Å²) in [6, 6.07) is 16.7. The lowest BCUT2D eigenvalue weighted by Crippen LogP contribution is -2.32. The molecule has 1 heterocycles. The number of hydrogen-bond acceptors (Lipinski definition) is 4. The molecule has 0 spiro atoms. The lowest BCUT2D eigenvalue weighted by Gasteiger charge is -2.20. The summed E-state index contributed by atoms with van der Waals surface area (Å²) >= 11 is 7.49. The first-order valence-corrected chi connectivity index (χ1v) is 9.89. The van der Waals surface area contributed by atoms with Gasteiger partial charge in [-0.2, -0.15) is 5.26 Å². The third kappa shape index (κ3) is 3.77. The highest BCUT2D eigenvalue weighted by molar-refractivity contribution is 8.05. The molecule has 28 heavy (non-hydrogen) atoms. The highest BCUT2D eigenvalue weighted by Crippen LogP contribution is 2.43. The molecule has 2 amide bonds. The van der Waals surface area contributed by atoms with Crippen molar-refractivity contribution in [2.45, 2.75) is 18.6 Å². The maximum Gasteiger partial charge on any atom is 0.264 e. The molecule has 5 nitrogen and oxygen atoms in total. The van der Waals surface area contributed by atoms with E-state index in [0.29, 0.717) is 22.2 Å². The minimum absolute atomic E-state index is 0.0780. The number of aryl methyl sites for hydroxylation is 1. The third-order valence-corrected chi connectivity index (χ3v) is 6.08. The zero-order valence-corrected chi connectivity index (χ0v) is 17.0. The Kier molecular flexibility index (Phi) is 6.08. The van der Waals surface area contributed by atoms with Crippen molar-refractivity contribution in [3.8, 4) is 6.07 Å². The number of hydrogen-bond donors (Lipinski definition) is 1. The highest BCUT2D eigenvalue weighted by atomic mass is 35.5. The van der Waals surface area contributed by atoms with Gasteiger partial charge in [0, 0.05) is 12.1 Å². The summed E-state index contributed by atoms with van der Waals surface area (Å²) < 4.78 is 0. The molecule has 1 atom stereocenters. The smallest absolute Gasteiger partial charge is 0.264 e. The molecule has 1 fully saturated rings. The van der Waals surface area contributed by atoms with E-state index in [2.05, 4.69) is 5.32 Å². The van der Waals surface area contributed by atoms with Crippen molar-refractivity contribution in [1.29, 1.82) is 5.26 Å². The van der Waals surface area contributed by atoms with Gasteiger partial charge in [0.1, 0.15) is 16.7 Å². The Labute approximate surface area is 173 Å². The monoisotopic (exact) mass is 411 g/mol. The third-order valence-electron chi connectivity index (χ3n) is 4.45. The SMILES string of the molecule is CNC(=O)C(C#N)=C1SC(Cc2ccccc2Cl)C(=O)N1c1ccccc1C. The molecular formula is C21H18ClN3O2S. The van der Waals surface area contributed by atoms with Gasteiger partial charge in [-0.25, -0.2) is 0 Å². The number of para-hydroxylation sites is 1. The van der Waals surface area contributed by atoms with E-state index >= 15 is 0 Å². The minimum Gasteiger partial charge on any atom is -0.354 e. The van der Waals surface area contributed by atoms with Crippen LogP contribution in [-0.4, -0.2) is 24.1 Å². The molecule has 1 saturated heterocycles. The average molecular weight is 412 g/mol. The van der Waals surface area contributed by atoms with Gasteiger partial charge in [0.2, 0.25) is 5.91 Å². The fourth-order valence-corrected chi connectivity index (χ4v) is 4.51. The number of amides is 2. The standard InChI is InChI=1S/C21H18ClN3O2S/c1-13-7-3-6-10-17(13)25-20(27)18(11-14-8-4-5-9-16(14)22)28-21(25)15(12-23)19(26)24-2/h3-10,18H,11H2,1-2H3,(H,24,26). The molecule has 2 aromatic rings. The fraction of sp³-hybridized carbons (Fsp3) is 0.190. The van der Waals surface area contributed by atoms with E-state index in [9.17, 15) is 14.9 Å². The number of thioether (sulfide) groups is 1. The predicted molar refractivity (Wildman–Crippen MR) is 112 cm³/mol. The van der Waals surface area contributed by atoms with Crippen LogP contribution in [-0.2, 0) is 16.0 Å². The molecule has 0 aliphatic carbocycles. The average Bonchev–Trinajstić information content (AvgIpc) is 3.00. The molecule has 1 unspecified atom stereocenters. The van der Waals surface area contributed by atoms with Gasteiger partial charge in [0.15, 0.2) is 0 Å². The second kappa shape index (κ2) is 8.51. The molecule has 142 valence electrons. The number of anilines is 1. The lowest BCUT2D eigenvalue weighted by molar-refractivity contribution is -0.117. The molecule has 2 aromatic carbocycles. The maximum absolute atomic E-state index is 13.3. The zero-order valence-electron chi connectivity index (χ0n) is 15.4. The molecule has 0 saturated carbocycles. The first kappa shape index (κ1) is 20.0. The molecule has 7 heteroatoms. The Hall–Kier alpha value is -2.75. The highest BCUT2D eigenvalue weighted by Gasteiger charge is 2.41. The van der Waals surface area contributed by atoms with Crippen LogP contribution in [0.4, 0.5) is 5.69 Å². The summed E-state index contributed by atoms with van der Waals surface area (Å²) in [5.74, 6) is -0.694. The van der Waals surface area contributed by atoms with Gasteiger partial charge in [-0.3, -0.25) is 14.5 Å². The number of carbonyl (C=O) groups is 2. The van der Waals surface area contributed by atoms with Crippen molar-refractivity contribution < 1.29 is 9.59 Å². The van der Waals surface area contributed by atoms with Gasteiger partial charge >= 0.3 is 0 Å². The number of carbonyl (C=O) groups excluding carboxylic acids is 2. The molecule has 1 aliphatic rings. The predicted octanol–water partition coefficient (Wildman–Crippen LogP) is 3.82. The minimum atomic E-state index is -0.519. The van der Waals surface area contributed by atoms with Crippen LogP contribution in [0.3, 0.4) is 0 Å². The second-order valence-electron chi connectivity index (χ2n) is 6.23. The Morgan fingerprint density at radius 2 is 1.93 bits per heavy atom. The number of likely N-dealkylation sites (N-methyl/N-ethyl adjacent to an activating group) is 1. The van der Waals surface area contributed by atoms with Crippen LogP contribution in [0.15, 0.2) is 59.1 Å². The maximum atomic E-state index is 13.3. The summed E-state index contributed by atoms with van der Waals surface area (Å²) in [7, 11) is 1.46. The first-order chi connectivity index (χ1) is 13.5. The van der Waals surface area contributed by atoms with Crippen LogP contribution in [0.1, 0.15) is 11.1 Å². The molecule has 1 aliphatic heterocycles. The topological polar surface area (TPSA) is 73.2 Å².